The molecule has 0 aliphatic carbocycles. The van der Waals surface area contributed by atoms with Gasteiger partial charge in [-0.05, 0) is 36.1 Å². The number of carbonyl (C=O) groups excluding carboxylic acids is 1. The minimum absolute atomic E-state index is 0.110. The summed E-state index contributed by atoms with van der Waals surface area (Å²) in [5, 5.41) is 7.34. The molecule has 2 heterocycles. The van der Waals surface area contributed by atoms with Gasteiger partial charge in [-0.3, -0.25) is 9.48 Å². The molecular weight excluding hydrogens is 357 g/mol. The fourth-order valence-corrected chi connectivity index (χ4v) is 3.67. The van der Waals surface area contributed by atoms with Crippen molar-refractivity contribution >= 4 is 11.6 Å². The lowest BCUT2D eigenvalue weighted by molar-refractivity contribution is -0.125. The third kappa shape index (κ3) is 3.82. The molecule has 0 saturated carbocycles. The molecule has 0 spiro atoms. The van der Waals surface area contributed by atoms with E-state index in [4.69, 9.17) is 4.74 Å². The fraction of sp³-hybridized carbons (Fsp3) is 0.273. The molecule has 1 aromatic heterocycles. The highest BCUT2D eigenvalue weighted by Gasteiger charge is 2.41. The minimum Gasteiger partial charge on any atom is -0.381 e. The summed E-state index contributed by atoms with van der Waals surface area (Å²) < 4.78 is 20.6. The van der Waals surface area contributed by atoms with Crippen molar-refractivity contribution in [3.05, 3.63) is 83.9 Å². The van der Waals surface area contributed by atoms with E-state index in [1.165, 1.54) is 12.1 Å². The maximum Gasteiger partial charge on any atom is 0.235 e. The normalized spacial score (nSPS) is 15.9. The van der Waals surface area contributed by atoms with Gasteiger partial charge in [0.15, 0.2) is 0 Å². The number of nitrogens with zero attached hydrogens (tertiary/aromatic N) is 2. The molecule has 28 heavy (non-hydrogen) atoms. The quantitative estimate of drug-likeness (QED) is 0.734. The summed E-state index contributed by atoms with van der Waals surface area (Å²) in [6.45, 7) is 1.63. The summed E-state index contributed by atoms with van der Waals surface area (Å²) in [5.74, 6) is -0.421. The summed E-state index contributed by atoms with van der Waals surface area (Å²) in [5.41, 5.74) is 1.86. The Bertz CT molecular complexity index is 932. The first-order chi connectivity index (χ1) is 13.7. The van der Waals surface area contributed by atoms with E-state index in [1.54, 1.807) is 23.0 Å². The van der Waals surface area contributed by atoms with Crippen LogP contribution in [0, 0.1) is 5.82 Å². The fourth-order valence-electron chi connectivity index (χ4n) is 3.67. The molecular formula is C22H22FN3O2. The van der Waals surface area contributed by atoms with E-state index in [1.807, 2.05) is 36.5 Å². The highest BCUT2D eigenvalue weighted by Crippen LogP contribution is 2.36. The number of hydrogen-bond donors (Lipinski definition) is 1. The molecule has 6 heteroatoms. The van der Waals surface area contributed by atoms with Gasteiger partial charge in [0.05, 0.1) is 23.8 Å². The number of halogens is 1. The van der Waals surface area contributed by atoms with E-state index in [-0.39, 0.29) is 11.7 Å². The molecule has 1 saturated heterocycles. The molecule has 0 unspecified atom stereocenters. The minimum atomic E-state index is -0.729. The molecule has 5 nitrogen and oxygen atoms in total. The highest BCUT2D eigenvalue weighted by molar-refractivity contribution is 5.99. The molecule has 4 rings (SSSR count). The SMILES string of the molecule is O=C(Nc1cnn(Cc2ccccc2)c1)C1(c2ccc(F)cc2)CCOCC1. The molecule has 1 N–H and O–H groups in total. The van der Waals surface area contributed by atoms with Crippen LogP contribution < -0.4 is 5.32 Å². The van der Waals surface area contributed by atoms with Crippen molar-refractivity contribution in [2.75, 3.05) is 18.5 Å². The first kappa shape index (κ1) is 18.4. The van der Waals surface area contributed by atoms with Crippen molar-refractivity contribution in [3.63, 3.8) is 0 Å². The average Bonchev–Trinajstić information content (AvgIpc) is 3.16. The Morgan fingerprint density at radius 1 is 1.11 bits per heavy atom. The van der Waals surface area contributed by atoms with E-state index >= 15 is 0 Å². The van der Waals surface area contributed by atoms with Gasteiger partial charge in [-0.1, -0.05) is 42.5 Å². The molecule has 0 atom stereocenters. The Morgan fingerprint density at radius 3 is 2.54 bits per heavy atom. The Labute approximate surface area is 163 Å². The Balaban J connectivity index is 1.53. The van der Waals surface area contributed by atoms with Gasteiger partial charge in [-0.15, -0.1) is 0 Å². The molecule has 0 bridgehead atoms. The summed E-state index contributed by atoms with van der Waals surface area (Å²) in [6.07, 6.45) is 4.59. The van der Waals surface area contributed by atoms with E-state index in [2.05, 4.69) is 10.4 Å². The molecule has 1 amide bonds. The van der Waals surface area contributed by atoms with Gasteiger partial charge in [0.1, 0.15) is 5.82 Å². The number of amides is 1. The largest absolute Gasteiger partial charge is 0.381 e. The van der Waals surface area contributed by atoms with Gasteiger partial charge in [-0.2, -0.15) is 5.10 Å². The molecule has 0 radical (unpaired) electrons. The highest BCUT2D eigenvalue weighted by atomic mass is 19.1. The van der Waals surface area contributed by atoms with Crippen molar-refractivity contribution in [2.24, 2.45) is 0 Å². The van der Waals surface area contributed by atoms with Crippen LogP contribution in [0.2, 0.25) is 0 Å². The maximum absolute atomic E-state index is 13.4. The second-order valence-electron chi connectivity index (χ2n) is 7.07. The van der Waals surface area contributed by atoms with Crippen LogP contribution in [0.25, 0.3) is 0 Å². The van der Waals surface area contributed by atoms with Crippen molar-refractivity contribution < 1.29 is 13.9 Å². The average molecular weight is 379 g/mol. The molecule has 1 aliphatic rings. The van der Waals surface area contributed by atoms with Gasteiger partial charge in [-0.25, -0.2) is 4.39 Å². The predicted octanol–water partition coefficient (Wildman–Crippen LogP) is 3.76. The standard InChI is InChI=1S/C22H22FN3O2/c23-19-8-6-18(7-9-19)22(10-12-28-13-11-22)21(27)25-20-14-24-26(16-20)15-17-4-2-1-3-5-17/h1-9,14,16H,10-13,15H2,(H,25,27). The smallest absolute Gasteiger partial charge is 0.235 e. The molecule has 1 fully saturated rings. The molecule has 1 aliphatic heterocycles. The zero-order valence-corrected chi connectivity index (χ0v) is 15.5. The number of ether oxygens (including phenoxy) is 1. The zero-order chi connectivity index (χ0) is 19.4. The number of anilines is 1. The second kappa shape index (κ2) is 7.94. The van der Waals surface area contributed by atoms with Gasteiger partial charge < -0.3 is 10.1 Å². The lowest BCUT2D eigenvalue weighted by atomic mass is 9.73. The lowest BCUT2D eigenvalue weighted by Gasteiger charge is -2.36. The van der Waals surface area contributed by atoms with E-state index < -0.39 is 5.41 Å². The van der Waals surface area contributed by atoms with Crippen molar-refractivity contribution in [3.8, 4) is 0 Å². The summed E-state index contributed by atoms with van der Waals surface area (Å²) in [4.78, 5) is 13.2. The van der Waals surface area contributed by atoms with Crippen LogP contribution >= 0.6 is 0 Å². The topological polar surface area (TPSA) is 56.2 Å². The zero-order valence-electron chi connectivity index (χ0n) is 15.5. The summed E-state index contributed by atoms with van der Waals surface area (Å²) in [6, 6.07) is 16.2. The Morgan fingerprint density at radius 2 is 1.82 bits per heavy atom. The van der Waals surface area contributed by atoms with Gasteiger partial charge in [0.2, 0.25) is 5.91 Å². The third-order valence-corrected chi connectivity index (χ3v) is 5.26. The number of nitrogens with one attached hydrogen (secondary N) is 1. The first-order valence-corrected chi connectivity index (χ1v) is 9.37. The van der Waals surface area contributed by atoms with Crippen LogP contribution in [0.15, 0.2) is 67.0 Å². The van der Waals surface area contributed by atoms with Crippen LogP contribution in [0.4, 0.5) is 10.1 Å². The van der Waals surface area contributed by atoms with Gasteiger partial charge in [0, 0.05) is 19.4 Å². The van der Waals surface area contributed by atoms with Gasteiger partial charge >= 0.3 is 0 Å². The lowest BCUT2D eigenvalue weighted by Crippen LogP contribution is -2.44. The van der Waals surface area contributed by atoms with E-state index in [0.29, 0.717) is 38.3 Å². The number of benzene rings is 2. The third-order valence-electron chi connectivity index (χ3n) is 5.26. The first-order valence-electron chi connectivity index (χ1n) is 9.37. The molecule has 144 valence electrons. The number of rotatable bonds is 5. The molecule has 3 aromatic rings. The number of aromatic nitrogens is 2. The Hall–Kier alpha value is -2.99. The Kier molecular flexibility index (Phi) is 5.21. The van der Waals surface area contributed by atoms with E-state index in [9.17, 15) is 9.18 Å². The van der Waals surface area contributed by atoms with Crippen LogP contribution in [0.5, 0.6) is 0 Å². The second-order valence-corrected chi connectivity index (χ2v) is 7.07. The molecule has 2 aromatic carbocycles. The van der Waals surface area contributed by atoms with Crippen molar-refractivity contribution in [1.82, 2.24) is 9.78 Å². The summed E-state index contributed by atoms with van der Waals surface area (Å²) in [7, 11) is 0. The van der Waals surface area contributed by atoms with Crippen molar-refractivity contribution in [2.45, 2.75) is 24.8 Å². The van der Waals surface area contributed by atoms with E-state index in [0.717, 1.165) is 11.1 Å². The summed E-state index contributed by atoms with van der Waals surface area (Å²) >= 11 is 0. The number of carbonyl (C=O) groups is 1. The van der Waals surface area contributed by atoms with Crippen molar-refractivity contribution in [1.29, 1.82) is 0 Å². The van der Waals surface area contributed by atoms with Crippen LogP contribution in [-0.2, 0) is 21.5 Å². The monoisotopic (exact) mass is 379 g/mol. The van der Waals surface area contributed by atoms with Crippen LogP contribution in [0.3, 0.4) is 0 Å². The van der Waals surface area contributed by atoms with Gasteiger partial charge in [0.25, 0.3) is 0 Å². The predicted molar refractivity (Wildman–Crippen MR) is 105 cm³/mol. The maximum atomic E-state index is 13.4. The van der Waals surface area contributed by atoms with Crippen LogP contribution in [0.1, 0.15) is 24.0 Å². The van der Waals surface area contributed by atoms with Crippen LogP contribution in [-0.4, -0.2) is 28.9 Å². The number of hydrogen-bond acceptors (Lipinski definition) is 3.